The Kier molecular flexibility index (Phi) is 4.38. The van der Waals surface area contributed by atoms with Gasteiger partial charge in [0, 0.05) is 10.2 Å². The molecule has 1 atom stereocenters. The number of hydrogen-bond acceptors (Lipinski definition) is 2. The number of hydrogen-bond donors (Lipinski definition) is 1. The fourth-order valence-corrected chi connectivity index (χ4v) is 2.04. The van der Waals surface area contributed by atoms with Gasteiger partial charge in [-0.15, -0.1) is 0 Å². The fraction of sp³-hybridized carbons (Fsp3) is 0.133. The molecule has 0 heterocycles. The SMILES string of the molecule is N#CCC(Nc1ccccc1)c1ccc(Br)cc1. The molecule has 3 heteroatoms. The predicted molar refractivity (Wildman–Crippen MR) is 77.2 cm³/mol. The Bertz CT molecular complexity index is 529. The van der Waals surface area contributed by atoms with Gasteiger partial charge in [0.15, 0.2) is 0 Å². The lowest BCUT2D eigenvalue weighted by Gasteiger charge is -2.17. The van der Waals surface area contributed by atoms with Crippen molar-refractivity contribution in [3.63, 3.8) is 0 Å². The molecule has 2 aromatic carbocycles. The van der Waals surface area contributed by atoms with E-state index in [1.807, 2.05) is 54.6 Å². The Morgan fingerprint density at radius 1 is 1.06 bits per heavy atom. The molecular formula is C15H13BrN2. The van der Waals surface area contributed by atoms with Gasteiger partial charge in [0.1, 0.15) is 0 Å². The molecule has 0 radical (unpaired) electrons. The summed E-state index contributed by atoms with van der Waals surface area (Å²) in [6.07, 6.45) is 0.441. The van der Waals surface area contributed by atoms with Crippen molar-refractivity contribution in [2.24, 2.45) is 0 Å². The maximum atomic E-state index is 8.93. The molecule has 0 aliphatic carbocycles. The minimum atomic E-state index is 0.0190. The van der Waals surface area contributed by atoms with Crippen LogP contribution in [0.4, 0.5) is 5.69 Å². The summed E-state index contributed by atoms with van der Waals surface area (Å²) in [7, 11) is 0. The monoisotopic (exact) mass is 300 g/mol. The zero-order valence-corrected chi connectivity index (χ0v) is 11.4. The first kappa shape index (κ1) is 12.7. The number of nitriles is 1. The third kappa shape index (κ3) is 3.35. The summed E-state index contributed by atoms with van der Waals surface area (Å²) in [6.45, 7) is 0. The zero-order chi connectivity index (χ0) is 12.8. The third-order valence-corrected chi connectivity index (χ3v) is 3.21. The standard InChI is InChI=1S/C15H13BrN2/c16-13-8-6-12(7-9-13)15(10-11-17)18-14-4-2-1-3-5-14/h1-9,15,18H,10H2. The van der Waals surface area contributed by atoms with Gasteiger partial charge in [0.05, 0.1) is 18.5 Å². The van der Waals surface area contributed by atoms with Crippen molar-refractivity contribution < 1.29 is 0 Å². The van der Waals surface area contributed by atoms with E-state index in [9.17, 15) is 0 Å². The summed E-state index contributed by atoms with van der Waals surface area (Å²) in [6, 6.07) is 20.2. The van der Waals surface area contributed by atoms with Crippen LogP contribution in [0.25, 0.3) is 0 Å². The molecule has 1 unspecified atom stereocenters. The van der Waals surface area contributed by atoms with Gasteiger partial charge in [-0.3, -0.25) is 0 Å². The smallest absolute Gasteiger partial charge is 0.0647 e. The van der Waals surface area contributed by atoms with Crippen LogP contribution in [0.3, 0.4) is 0 Å². The summed E-state index contributed by atoms with van der Waals surface area (Å²) < 4.78 is 1.04. The van der Waals surface area contributed by atoms with Crippen molar-refractivity contribution in [1.29, 1.82) is 5.26 Å². The van der Waals surface area contributed by atoms with Crippen molar-refractivity contribution in [3.8, 4) is 6.07 Å². The van der Waals surface area contributed by atoms with Crippen LogP contribution in [0.5, 0.6) is 0 Å². The first-order chi connectivity index (χ1) is 8.79. The average molecular weight is 301 g/mol. The molecular weight excluding hydrogens is 288 g/mol. The van der Waals surface area contributed by atoms with Crippen molar-refractivity contribution in [1.82, 2.24) is 0 Å². The lowest BCUT2D eigenvalue weighted by molar-refractivity contribution is 0.806. The first-order valence-corrected chi connectivity index (χ1v) is 6.53. The quantitative estimate of drug-likeness (QED) is 0.901. The van der Waals surface area contributed by atoms with Crippen LogP contribution in [-0.4, -0.2) is 0 Å². The minimum Gasteiger partial charge on any atom is -0.377 e. The number of halogens is 1. The molecule has 0 amide bonds. The Morgan fingerprint density at radius 2 is 1.72 bits per heavy atom. The molecule has 18 heavy (non-hydrogen) atoms. The van der Waals surface area contributed by atoms with Crippen LogP contribution >= 0.6 is 15.9 Å². The second-order valence-corrected chi connectivity index (χ2v) is 4.89. The van der Waals surface area contributed by atoms with Gasteiger partial charge in [-0.05, 0) is 29.8 Å². The molecule has 1 N–H and O–H groups in total. The topological polar surface area (TPSA) is 35.8 Å². The Hall–Kier alpha value is -1.79. The van der Waals surface area contributed by atoms with E-state index in [2.05, 4.69) is 27.3 Å². The number of para-hydroxylation sites is 1. The van der Waals surface area contributed by atoms with Gasteiger partial charge >= 0.3 is 0 Å². The molecule has 2 aromatic rings. The normalized spacial score (nSPS) is 11.6. The molecule has 2 rings (SSSR count). The molecule has 0 aromatic heterocycles. The second kappa shape index (κ2) is 6.23. The van der Waals surface area contributed by atoms with Gasteiger partial charge < -0.3 is 5.32 Å². The summed E-state index contributed by atoms with van der Waals surface area (Å²) in [5.74, 6) is 0. The zero-order valence-electron chi connectivity index (χ0n) is 9.81. The van der Waals surface area contributed by atoms with Gasteiger partial charge in [0.25, 0.3) is 0 Å². The van der Waals surface area contributed by atoms with E-state index in [1.165, 1.54) is 0 Å². The van der Waals surface area contributed by atoms with E-state index >= 15 is 0 Å². The van der Waals surface area contributed by atoms with Crippen LogP contribution < -0.4 is 5.32 Å². The second-order valence-electron chi connectivity index (χ2n) is 3.98. The summed E-state index contributed by atoms with van der Waals surface area (Å²) >= 11 is 3.41. The van der Waals surface area contributed by atoms with E-state index in [0.29, 0.717) is 6.42 Å². The van der Waals surface area contributed by atoms with E-state index in [4.69, 9.17) is 5.26 Å². The van der Waals surface area contributed by atoms with Gasteiger partial charge in [0.2, 0.25) is 0 Å². The maximum absolute atomic E-state index is 8.93. The van der Waals surface area contributed by atoms with Crippen molar-refractivity contribution >= 4 is 21.6 Å². The molecule has 0 spiro atoms. The highest BCUT2D eigenvalue weighted by atomic mass is 79.9. The summed E-state index contributed by atoms with van der Waals surface area (Å²) in [5.41, 5.74) is 2.14. The van der Waals surface area contributed by atoms with Crippen molar-refractivity contribution in [3.05, 3.63) is 64.6 Å². The highest BCUT2D eigenvalue weighted by molar-refractivity contribution is 9.10. The number of benzene rings is 2. The minimum absolute atomic E-state index is 0.0190. The molecule has 90 valence electrons. The van der Waals surface area contributed by atoms with E-state index in [1.54, 1.807) is 0 Å². The predicted octanol–water partition coefficient (Wildman–Crippen LogP) is 4.52. The van der Waals surface area contributed by atoms with Crippen LogP contribution in [0.15, 0.2) is 59.1 Å². The van der Waals surface area contributed by atoms with Crippen LogP contribution in [0, 0.1) is 11.3 Å². The lowest BCUT2D eigenvalue weighted by atomic mass is 10.0. The molecule has 2 nitrogen and oxygen atoms in total. The number of rotatable bonds is 4. The van der Waals surface area contributed by atoms with Crippen molar-refractivity contribution in [2.75, 3.05) is 5.32 Å². The molecule has 0 bridgehead atoms. The maximum Gasteiger partial charge on any atom is 0.0647 e. The Labute approximate surface area is 115 Å². The summed E-state index contributed by atoms with van der Waals surface area (Å²) in [4.78, 5) is 0. The molecule has 0 fully saturated rings. The van der Waals surface area contributed by atoms with Gasteiger partial charge in [-0.25, -0.2) is 0 Å². The van der Waals surface area contributed by atoms with E-state index < -0.39 is 0 Å². The highest BCUT2D eigenvalue weighted by Crippen LogP contribution is 2.23. The highest BCUT2D eigenvalue weighted by Gasteiger charge is 2.10. The third-order valence-electron chi connectivity index (χ3n) is 2.68. The van der Waals surface area contributed by atoms with Gasteiger partial charge in [-0.2, -0.15) is 5.26 Å². The van der Waals surface area contributed by atoms with Crippen LogP contribution in [0.2, 0.25) is 0 Å². The first-order valence-electron chi connectivity index (χ1n) is 5.73. The van der Waals surface area contributed by atoms with Crippen LogP contribution in [0.1, 0.15) is 18.0 Å². The number of nitrogens with zero attached hydrogens (tertiary/aromatic N) is 1. The Balaban J connectivity index is 2.18. The molecule has 0 saturated heterocycles. The van der Waals surface area contributed by atoms with Crippen molar-refractivity contribution in [2.45, 2.75) is 12.5 Å². The Morgan fingerprint density at radius 3 is 2.33 bits per heavy atom. The largest absolute Gasteiger partial charge is 0.377 e. The lowest BCUT2D eigenvalue weighted by Crippen LogP contribution is -2.09. The molecule has 0 aliphatic rings. The fourth-order valence-electron chi connectivity index (χ4n) is 1.77. The number of nitrogens with one attached hydrogen (secondary N) is 1. The van der Waals surface area contributed by atoms with Crippen LogP contribution in [-0.2, 0) is 0 Å². The molecule has 0 saturated carbocycles. The molecule has 0 aliphatic heterocycles. The van der Waals surface area contributed by atoms with E-state index in [-0.39, 0.29) is 6.04 Å². The summed E-state index contributed by atoms with van der Waals surface area (Å²) in [5, 5.41) is 12.3. The van der Waals surface area contributed by atoms with E-state index in [0.717, 1.165) is 15.7 Å². The number of anilines is 1. The van der Waals surface area contributed by atoms with Gasteiger partial charge in [-0.1, -0.05) is 46.3 Å². The average Bonchev–Trinajstić information content (AvgIpc) is 2.40.